The van der Waals surface area contributed by atoms with Crippen molar-refractivity contribution >= 4 is 0 Å². The predicted octanol–water partition coefficient (Wildman–Crippen LogP) is 5.72. The number of rotatable bonds is 3. The van der Waals surface area contributed by atoms with E-state index in [0.29, 0.717) is 5.92 Å². The molecule has 27 heavy (non-hydrogen) atoms. The molecule has 0 saturated heterocycles. The maximum atomic E-state index is 6.34. The van der Waals surface area contributed by atoms with Gasteiger partial charge in [0, 0.05) is 5.41 Å². The third kappa shape index (κ3) is 3.11. The van der Waals surface area contributed by atoms with Crippen LogP contribution < -0.4 is 0 Å². The Morgan fingerprint density at radius 3 is 2.33 bits per heavy atom. The molecule has 0 amide bonds. The molecule has 0 bridgehead atoms. The molecule has 1 heterocycles. The van der Waals surface area contributed by atoms with Crippen LogP contribution in [-0.2, 0) is 30.6 Å². The fourth-order valence-electron chi connectivity index (χ4n) is 5.32. The molecular weight excluding hydrogens is 328 g/mol. The molecule has 1 nitrogen and oxygen atoms in total. The highest BCUT2D eigenvalue weighted by molar-refractivity contribution is 5.39. The van der Waals surface area contributed by atoms with E-state index in [-0.39, 0.29) is 5.41 Å². The van der Waals surface area contributed by atoms with Crippen LogP contribution in [0.2, 0.25) is 0 Å². The molecule has 136 valence electrons. The van der Waals surface area contributed by atoms with E-state index in [9.17, 15) is 0 Å². The zero-order valence-corrected chi connectivity index (χ0v) is 15.7. The van der Waals surface area contributed by atoms with Crippen LogP contribution in [0.1, 0.15) is 40.2 Å². The Morgan fingerprint density at radius 2 is 1.48 bits per heavy atom. The average Bonchev–Trinajstić information content (AvgIpc) is 3.06. The normalized spacial score (nSPS) is 24.1. The van der Waals surface area contributed by atoms with Crippen LogP contribution in [0.25, 0.3) is 0 Å². The smallest absolute Gasteiger partial charge is 0.0719 e. The summed E-state index contributed by atoms with van der Waals surface area (Å²) in [6, 6.07) is 28.9. The predicted molar refractivity (Wildman–Crippen MR) is 110 cm³/mol. The molecule has 3 aromatic rings. The summed E-state index contributed by atoms with van der Waals surface area (Å²) >= 11 is 0. The Bertz CT molecular complexity index is 930. The van der Waals surface area contributed by atoms with E-state index < -0.39 is 0 Å². The summed E-state index contributed by atoms with van der Waals surface area (Å²) in [5.74, 6) is 0.556. The van der Waals surface area contributed by atoms with Crippen molar-refractivity contribution in [1.82, 2.24) is 0 Å². The first kappa shape index (κ1) is 16.8. The lowest BCUT2D eigenvalue weighted by molar-refractivity contribution is 0.0255. The summed E-state index contributed by atoms with van der Waals surface area (Å²) in [7, 11) is 0. The Balaban J connectivity index is 1.60. The van der Waals surface area contributed by atoms with Crippen molar-refractivity contribution in [3.8, 4) is 0 Å². The maximum Gasteiger partial charge on any atom is 0.0719 e. The van der Waals surface area contributed by atoms with Gasteiger partial charge in [0.15, 0.2) is 0 Å². The van der Waals surface area contributed by atoms with E-state index in [1.807, 2.05) is 0 Å². The molecule has 5 rings (SSSR count). The maximum absolute atomic E-state index is 6.34. The van der Waals surface area contributed by atoms with Crippen LogP contribution in [-0.4, -0.2) is 6.61 Å². The molecular formula is C26H26O. The van der Waals surface area contributed by atoms with Crippen molar-refractivity contribution in [2.75, 3.05) is 6.61 Å². The second-order valence-electron chi connectivity index (χ2n) is 8.25. The van der Waals surface area contributed by atoms with Gasteiger partial charge in [-0.3, -0.25) is 0 Å². The van der Waals surface area contributed by atoms with E-state index in [1.54, 1.807) is 5.56 Å². The Labute approximate surface area is 162 Å². The topological polar surface area (TPSA) is 9.23 Å². The first-order chi connectivity index (χ1) is 13.3. The first-order valence-corrected chi connectivity index (χ1v) is 10.1. The van der Waals surface area contributed by atoms with Crippen LogP contribution in [0.4, 0.5) is 0 Å². The number of fused-ring (bicyclic) bond motifs is 2. The van der Waals surface area contributed by atoms with Gasteiger partial charge in [0.25, 0.3) is 0 Å². The van der Waals surface area contributed by atoms with Crippen LogP contribution in [0.15, 0.2) is 78.9 Å². The number of aryl methyl sites for hydroxylation is 1. The summed E-state index contributed by atoms with van der Waals surface area (Å²) in [5, 5.41) is 0. The van der Waals surface area contributed by atoms with Crippen LogP contribution in [0.5, 0.6) is 0 Å². The quantitative estimate of drug-likeness (QED) is 0.584. The molecule has 1 aliphatic heterocycles. The molecule has 3 aromatic carbocycles. The standard InChI is InChI=1S/C26H26O/c1-2-8-20(9-3-1)16-26(25-15-14-21-10-6-7-13-24(21)25)17-22-11-4-5-12-23(22)18-27-19-26/h1-13,25H,14-19H2. The monoisotopic (exact) mass is 354 g/mol. The zero-order chi connectivity index (χ0) is 18.1. The molecule has 0 N–H and O–H groups in total. The van der Waals surface area contributed by atoms with E-state index in [0.717, 1.165) is 26.1 Å². The lowest BCUT2D eigenvalue weighted by Crippen LogP contribution is -2.37. The zero-order valence-electron chi connectivity index (χ0n) is 15.7. The summed E-state index contributed by atoms with van der Waals surface area (Å²) in [4.78, 5) is 0. The van der Waals surface area contributed by atoms with Gasteiger partial charge in [-0.15, -0.1) is 0 Å². The molecule has 0 radical (unpaired) electrons. The SMILES string of the molecule is c1ccc(CC2(C3CCc4ccccc43)COCc3ccccc3C2)cc1. The lowest BCUT2D eigenvalue weighted by Gasteiger charge is -2.39. The summed E-state index contributed by atoms with van der Waals surface area (Å²) in [6.45, 7) is 1.57. The van der Waals surface area contributed by atoms with Crippen molar-refractivity contribution in [2.24, 2.45) is 5.41 Å². The fourth-order valence-corrected chi connectivity index (χ4v) is 5.32. The van der Waals surface area contributed by atoms with Gasteiger partial charge < -0.3 is 4.74 Å². The van der Waals surface area contributed by atoms with Gasteiger partial charge in [0.05, 0.1) is 13.2 Å². The minimum atomic E-state index is 0.112. The second-order valence-corrected chi connectivity index (χ2v) is 8.25. The number of benzene rings is 3. The van der Waals surface area contributed by atoms with Crippen molar-refractivity contribution in [3.63, 3.8) is 0 Å². The highest BCUT2D eigenvalue weighted by atomic mass is 16.5. The van der Waals surface area contributed by atoms with Crippen molar-refractivity contribution in [1.29, 1.82) is 0 Å². The highest BCUT2D eigenvalue weighted by Gasteiger charge is 2.44. The third-order valence-corrected chi connectivity index (χ3v) is 6.58. The number of hydrogen-bond donors (Lipinski definition) is 0. The number of ether oxygens (including phenoxy) is 1. The minimum absolute atomic E-state index is 0.112. The molecule has 0 saturated carbocycles. The van der Waals surface area contributed by atoms with Gasteiger partial charge in [-0.1, -0.05) is 78.9 Å². The molecule has 2 unspecified atom stereocenters. The largest absolute Gasteiger partial charge is 0.376 e. The van der Waals surface area contributed by atoms with Crippen LogP contribution in [0.3, 0.4) is 0 Å². The Kier molecular flexibility index (Phi) is 4.33. The van der Waals surface area contributed by atoms with Gasteiger partial charge in [-0.05, 0) is 59.4 Å². The molecule has 0 fully saturated rings. The second kappa shape index (κ2) is 6.98. The summed E-state index contributed by atoms with van der Waals surface area (Å²) in [6.07, 6.45) is 4.59. The van der Waals surface area contributed by atoms with Gasteiger partial charge in [-0.25, -0.2) is 0 Å². The third-order valence-electron chi connectivity index (χ3n) is 6.58. The number of hydrogen-bond acceptors (Lipinski definition) is 1. The molecule has 0 aromatic heterocycles. The van der Waals surface area contributed by atoms with E-state index in [4.69, 9.17) is 4.74 Å². The van der Waals surface area contributed by atoms with Gasteiger partial charge in [0.2, 0.25) is 0 Å². The van der Waals surface area contributed by atoms with Gasteiger partial charge in [-0.2, -0.15) is 0 Å². The summed E-state index contributed by atoms with van der Waals surface area (Å²) in [5.41, 5.74) is 7.45. The minimum Gasteiger partial charge on any atom is -0.376 e. The van der Waals surface area contributed by atoms with Gasteiger partial charge >= 0.3 is 0 Å². The molecule has 2 aliphatic rings. The molecule has 1 aliphatic carbocycles. The van der Waals surface area contributed by atoms with Crippen molar-refractivity contribution in [2.45, 2.75) is 38.2 Å². The van der Waals surface area contributed by atoms with Crippen molar-refractivity contribution < 1.29 is 4.74 Å². The lowest BCUT2D eigenvalue weighted by atomic mass is 9.66. The molecule has 1 heteroatoms. The van der Waals surface area contributed by atoms with E-state index >= 15 is 0 Å². The van der Waals surface area contributed by atoms with Gasteiger partial charge in [0.1, 0.15) is 0 Å². The summed E-state index contributed by atoms with van der Waals surface area (Å²) < 4.78 is 6.34. The first-order valence-electron chi connectivity index (χ1n) is 10.1. The highest BCUT2D eigenvalue weighted by Crippen LogP contribution is 2.50. The van der Waals surface area contributed by atoms with E-state index in [2.05, 4.69) is 78.9 Å². The van der Waals surface area contributed by atoms with Crippen LogP contribution >= 0.6 is 0 Å². The average molecular weight is 354 g/mol. The van der Waals surface area contributed by atoms with Crippen LogP contribution in [0, 0.1) is 5.41 Å². The molecule has 0 spiro atoms. The Morgan fingerprint density at radius 1 is 0.778 bits per heavy atom. The van der Waals surface area contributed by atoms with Crippen molar-refractivity contribution in [3.05, 3.63) is 107 Å². The van der Waals surface area contributed by atoms with E-state index in [1.165, 1.54) is 35.1 Å². The Hall–Kier alpha value is -2.38. The fraction of sp³-hybridized carbons (Fsp3) is 0.308. The molecule has 2 atom stereocenters.